The van der Waals surface area contributed by atoms with Crippen LogP contribution >= 0.6 is 11.3 Å². The van der Waals surface area contributed by atoms with Gasteiger partial charge in [-0.1, -0.05) is 29.8 Å². The number of nitrogens with zero attached hydrogens (tertiary/aromatic N) is 1. The van der Waals surface area contributed by atoms with Gasteiger partial charge in [-0.15, -0.1) is 11.3 Å². The zero-order valence-electron chi connectivity index (χ0n) is 12.9. The molecular weight excluding hydrogens is 308 g/mol. The number of anilines is 1. The van der Waals surface area contributed by atoms with Crippen LogP contribution in [0.1, 0.15) is 28.8 Å². The van der Waals surface area contributed by atoms with Crippen molar-refractivity contribution < 1.29 is 9.59 Å². The molecule has 4 nitrogen and oxygen atoms in total. The van der Waals surface area contributed by atoms with Gasteiger partial charge in [-0.25, -0.2) is 4.98 Å². The van der Waals surface area contributed by atoms with Crippen molar-refractivity contribution in [2.75, 3.05) is 5.32 Å². The number of amides is 1. The van der Waals surface area contributed by atoms with Crippen molar-refractivity contribution in [1.29, 1.82) is 0 Å². The Hall–Kier alpha value is -2.01. The molecule has 5 heteroatoms. The molecule has 0 radical (unpaired) electrons. The van der Waals surface area contributed by atoms with Crippen LogP contribution < -0.4 is 5.32 Å². The maximum absolute atomic E-state index is 12.2. The number of carbonyl (C=O) groups excluding carboxylic acids is 2. The highest BCUT2D eigenvalue weighted by atomic mass is 32.1. The normalized spacial score (nSPS) is 25.3. The molecule has 23 heavy (non-hydrogen) atoms. The van der Waals surface area contributed by atoms with Gasteiger partial charge in [0.25, 0.3) is 0 Å². The first kappa shape index (κ1) is 14.6. The fraction of sp³-hybridized carbons (Fsp3) is 0.389. The molecule has 2 aliphatic carbocycles. The van der Waals surface area contributed by atoms with Crippen LogP contribution in [-0.2, 0) is 16.0 Å². The summed E-state index contributed by atoms with van der Waals surface area (Å²) in [7, 11) is 0. The van der Waals surface area contributed by atoms with E-state index in [1.165, 1.54) is 22.5 Å². The molecule has 2 aliphatic rings. The molecule has 0 saturated heterocycles. The largest absolute Gasteiger partial charge is 0.302 e. The van der Waals surface area contributed by atoms with Gasteiger partial charge in [0.1, 0.15) is 5.78 Å². The van der Waals surface area contributed by atoms with Gasteiger partial charge >= 0.3 is 0 Å². The number of benzene rings is 1. The Labute approximate surface area is 138 Å². The number of rotatable bonds is 4. The van der Waals surface area contributed by atoms with Gasteiger partial charge in [0, 0.05) is 29.8 Å². The average Bonchev–Trinajstić information content (AvgIpc) is 2.89. The van der Waals surface area contributed by atoms with E-state index in [4.69, 9.17) is 0 Å². The molecule has 2 saturated carbocycles. The van der Waals surface area contributed by atoms with E-state index < -0.39 is 0 Å². The highest BCUT2D eigenvalue weighted by Crippen LogP contribution is 2.55. The lowest BCUT2D eigenvalue weighted by Crippen LogP contribution is -2.18. The molecule has 3 unspecified atom stereocenters. The molecule has 0 spiro atoms. The van der Waals surface area contributed by atoms with E-state index in [1.54, 1.807) is 0 Å². The van der Waals surface area contributed by atoms with Crippen molar-refractivity contribution in [3.8, 4) is 0 Å². The summed E-state index contributed by atoms with van der Waals surface area (Å²) < 4.78 is 0. The Morgan fingerprint density at radius 2 is 2.30 bits per heavy atom. The number of thiazole rings is 1. The summed E-state index contributed by atoms with van der Waals surface area (Å²) in [4.78, 5) is 29.3. The molecule has 2 aromatic rings. The lowest BCUT2D eigenvalue weighted by atomic mass is 10.1. The van der Waals surface area contributed by atoms with E-state index in [1.807, 2.05) is 6.20 Å². The third-order valence-electron chi connectivity index (χ3n) is 4.81. The summed E-state index contributed by atoms with van der Waals surface area (Å²) >= 11 is 1.51. The second-order valence-corrected chi connectivity index (χ2v) is 7.62. The Morgan fingerprint density at radius 3 is 3.04 bits per heavy atom. The quantitative estimate of drug-likeness (QED) is 0.938. The molecule has 1 aromatic carbocycles. The van der Waals surface area contributed by atoms with Crippen molar-refractivity contribution in [3.05, 3.63) is 46.5 Å². The molecule has 0 aliphatic heterocycles. The fourth-order valence-electron chi connectivity index (χ4n) is 3.66. The van der Waals surface area contributed by atoms with Crippen molar-refractivity contribution in [2.24, 2.45) is 17.8 Å². The van der Waals surface area contributed by atoms with E-state index in [0.29, 0.717) is 11.6 Å². The van der Waals surface area contributed by atoms with Gasteiger partial charge in [0.05, 0.1) is 5.92 Å². The predicted octanol–water partition coefficient (Wildman–Crippen LogP) is 3.21. The van der Waals surface area contributed by atoms with Crippen LogP contribution in [0, 0.1) is 24.7 Å². The highest BCUT2D eigenvalue weighted by Gasteiger charge is 2.61. The van der Waals surface area contributed by atoms with Gasteiger partial charge in [0.2, 0.25) is 5.91 Å². The first-order valence-corrected chi connectivity index (χ1v) is 8.77. The van der Waals surface area contributed by atoms with Crippen LogP contribution in [0.5, 0.6) is 0 Å². The van der Waals surface area contributed by atoms with Crippen molar-refractivity contribution in [1.82, 2.24) is 4.98 Å². The van der Waals surface area contributed by atoms with E-state index in [2.05, 4.69) is 41.5 Å². The molecule has 1 heterocycles. The topological polar surface area (TPSA) is 59.1 Å². The van der Waals surface area contributed by atoms with Crippen LogP contribution in [0.4, 0.5) is 5.13 Å². The van der Waals surface area contributed by atoms with E-state index >= 15 is 0 Å². The number of aryl methyl sites for hydroxylation is 1. The van der Waals surface area contributed by atoms with Crippen molar-refractivity contribution in [3.63, 3.8) is 0 Å². The van der Waals surface area contributed by atoms with Crippen LogP contribution in [-0.4, -0.2) is 16.7 Å². The molecule has 118 valence electrons. The molecule has 0 bridgehead atoms. The third kappa shape index (κ3) is 2.81. The number of fused-ring (bicyclic) bond motifs is 1. The molecule has 1 amide bonds. The van der Waals surface area contributed by atoms with Gasteiger partial charge in [-0.2, -0.15) is 0 Å². The maximum Gasteiger partial charge on any atom is 0.230 e. The van der Waals surface area contributed by atoms with Crippen LogP contribution in [0.25, 0.3) is 0 Å². The molecule has 4 rings (SSSR count). The SMILES string of the molecule is Cc1cccc(Cc2cnc(NC(=O)C3C4CCC(=O)C43)s2)c1. The smallest absolute Gasteiger partial charge is 0.230 e. The molecular formula is C18H18N2O2S. The zero-order chi connectivity index (χ0) is 16.0. The minimum atomic E-state index is -0.111. The zero-order valence-corrected chi connectivity index (χ0v) is 13.7. The standard InChI is InChI=1S/C18H18N2O2S/c1-10-3-2-4-11(7-10)8-12-9-19-18(23-12)20-17(22)16-13-5-6-14(21)15(13)16/h2-4,7,9,13,15-16H,5-6,8H2,1H3,(H,19,20,22). The Balaban J connectivity index is 1.39. The van der Waals surface area contributed by atoms with Crippen LogP contribution in [0.3, 0.4) is 0 Å². The van der Waals surface area contributed by atoms with E-state index in [-0.39, 0.29) is 29.4 Å². The van der Waals surface area contributed by atoms with E-state index in [9.17, 15) is 9.59 Å². The van der Waals surface area contributed by atoms with Gasteiger partial charge in [-0.05, 0) is 24.8 Å². The maximum atomic E-state index is 12.2. The van der Waals surface area contributed by atoms with Gasteiger partial charge in [0.15, 0.2) is 5.13 Å². The first-order valence-electron chi connectivity index (χ1n) is 7.95. The van der Waals surface area contributed by atoms with Crippen LogP contribution in [0.2, 0.25) is 0 Å². The number of Topliss-reactive ketones (excluding diaryl/α,β-unsaturated/α-hetero) is 1. The number of aromatic nitrogens is 1. The van der Waals surface area contributed by atoms with Crippen molar-refractivity contribution in [2.45, 2.75) is 26.2 Å². The Morgan fingerprint density at radius 1 is 1.43 bits per heavy atom. The predicted molar refractivity (Wildman–Crippen MR) is 89.4 cm³/mol. The number of nitrogens with one attached hydrogen (secondary N) is 1. The van der Waals surface area contributed by atoms with Gasteiger partial charge < -0.3 is 5.32 Å². The number of ketones is 1. The average molecular weight is 326 g/mol. The number of hydrogen-bond donors (Lipinski definition) is 1. The first-order chi connectivity index (χ1) is 11.1. The second kappa shape index (κ2) is 5.57. The summed E-state index contributed by atoms with van der Waals surface area (Å²) in [6.07, 6.45) is 4.17. The molecule has 3 atom stereocenters. The minimum absolute atomic E-state index is 0.0123. The summed E-state index contributed by atoms with van der Waals surface area (Å²) in [5, 5.41) is 3.52. The summed E-state index contributed by atoms with van der Waals surface area (Å²) in [6, 6.07) is 8.39. The Kier molecular flexibility index (Phi) is 3.53. The fourth-order valence-corrected chi connectivity index (χ4v) is 4.51. The molecule has 2 fully saturated rings. The highest BCUT2D eigenvalue weighted by molar-refractivity contribution is 7.15. The minimum Gasteiger partial charge on any atom is -0.302 e. The Bertz CT molecular complexity index is 783. The van der Waals surface area contributed by atoms with Crippen LogP contribution in [0.15, 0.2) is 30.5 Å². The van der Waals surface area contributed by atoms with Crippen molar-refractivity contribution >= 4 is 28.2 Å². The summed E-state index contributed by atoms with van der Waals surface area (Å²) in [5.41, 5.74) is 2.49. The lowest BCUT2D eigenvalue weighted by molar-refractivity contribution is -0.123. The lowest BCUT2D eigenvalue weighted by Gasteiger charge is -2.02. The molecule has 1 N–H and O–H groups in total. The third-order valence-corrected chi connectivity index (χ3v) is 5.72. The van der Waals surface area contributed by atoms with Gasteiger partial charge in [-0.3, -0.25) is 9.59 Å². The summed E-state index contributed by atoms with van der Waals surface area (Å²) in [5.74, 6) is 0.384. The number of hydrogen-bond acceptors (Lipinski definition) is 4. The molecule has 1 aromatic heterocycles. The summed E-state index contributed by atoms with van der Waals surface area (Å²) in [6.45, 7) is 2.08. The monoisotopic (exact) mass is 326 g/mol. The van der Waals surface area contributed by atoms with E-state index in [0.717, 1.165) is 17.7 Å². The number of carbonyl (C=O) groups is 2. The second-order valence-electron chi connectivity index (χ2n) is 6.51.